The number of hydrogen-bond acceptors (Lipinski definition) is 3. The number of rotatable bonds is 5. The fourth-order valence-corrected chi connectivity index (χ4v) is 3.45. The van der Waals surface area contributed by atoms with Gasteiger partial charge in [0.1, 0.15) is 0 Å². The van der Waals surface area contributed by atoms with Gasteiger partial charge in [-0.2, -0.15) is 0 Å². The second-order valence-electron chi connectivity index (χ2n) is 7.18. The fourth-order valence-electron chi connectivity index (χ4n) is 3.45. The molecule has 2 heterocycles. The van der Waals surface area contributed by atoms with Gasteiger partial charge in [-0.15, -0.1) is 0 Å². The number of hydrogen-bond donors (Lipinski definition) is 2. The number of carbonyl (C=O) groups excluding carboxylic acids is 1. The Labute approximate surface area is 160 Å². The third-order valence-electron chi connectivity index (χ3n) is 5.33. The number of carbonyl (C=O) groups is 1. The highest BCUT2D eigenvalue weighted by atomic mass is 16.3. The van der Waals surface area contributed by atoms with Crippen molar-refractivity contribution in [3.8, 4) is 0 Å². The van der Waals surface area contributed by atoms with E-state index in [0.717, 1.165) is 42.8 Å². The Balaban J connectivity index is 1.59. The molecular formula is C22H27N3O2. The Morgan fingerprint density at radius 3 is 2.74 bits per heavy atom. The van der Waals surface area contributed by atoms with Crippen LogP contribution in [0.1, 0.15) is 37.4 Å². The highest BCUT2D eigenvalue weighted by molar-refractivity contribution is 5.89. The number of urea groups is 1. The van der Waals surface area contributed by atoms with Gasteiger partial charge in [0, 0.05) is 30.4 Å². The van der Waals surface area contributed by atoms with E-state index in [1.54, 1.807) is 6.20 Å². The molecule has 1 aromatic carbocycles. The molecule has 1 fully saturated rings. The van der Waals surface area contributed by atoms with E-state index in [1.165, 1.54) is 0 Å². The Bertz CT molecular complexity index is 768. The van der Waals surface area contributed by atoms with Gasteiger partial charge >= 0.3 is 6.03 Å². The molecule has 1 aliphatic rings. The van der Waals surface area contributed by atoms with Gasteiger partial charge in [-0.25, -0.2) is 4.79 Å². The highest BCUT2D eigenvalue weighted by Crippen LogP contribution is 2.33. The van der Waals surface area contributed by atoms with Gasteiger partial charge in [0.15, 0.2) is 0 Å². The van der Waals surface area contributed by atoms with Crippen LogP contribution in [0.4, 0.5) is 10.5 Å². The molecular weight excluding hydrogens is 338 g/mol. The average Bonchev–Trinajstić information content (AvgIpc) is 2.74. The van der Waals surface area contributed by atoms with Gasteiger partial charge in [0.25, 0.3) is 0 Å². The molecule has 0 radical (unpaired) electrons. The van der Waals surface area contributed by atoms with Crippen LogP contribution in [0.25, 0.3) is 12.2 Å². The average molecular weight is 365 g/mol. The Hall–Kier alpha value is -2.66. The fraction of sp³-hybridized carbons (Fsp3) is 0.364. The lowest BCUT2D eigenvalue weighted by Gasteiger charge is -2.41. The zero-order chi connectivity index (χ0) is 19.1. The van der Waals surface area contributed by atoms with Crippen molar-refractivity contribution >= 4 is 23.9 Å². The van der Waals surface area contributed by atoms with E-state index in [4.69, 9.17) is 0 Å². The minimum Gasteiger partial charge on any atom is -0.396 e. The number of anilines is 1. The first-order chi connectivity index (χ1) is 13.1. The van der Waals surface area contributed by atoms with Crippen molar-refractivity contribution in [2.45, 2.75) is 26.2 Å². The second-order valence-corrected chi connectivity index (χ2v) is 7.18. The van der Waals surface area contributed by atoms with Crippen LogP contribution in [0, 0.1) is 5.41 Å². The number of benzene rings is 1. The van der Waals surface area contributed by atoms with E-state index < -0.39 is 0 Å². The molecule has 0 bridgehead atoms. The monoisotopic (exact) mass is 365 g/mol. The maximum atomic E-state index is 12.6. The molecule has 0 aliphatic carbocycles. The van der Waals surface area contributed by atoms with Crippen molar-refractivity contribution in [3.63, 3.8) is 0 Å². The number of nitrogens with zero attached hydrogens (tertiary/aromatic N) is 2. The quantitative estimate of drug-likeness (QED) is 0.832. The van der Waals surface area contributed by atoms with Crippen LogP contribution >= 0.6 is 0 Å². The standard InChI is InChI=1S/C22H27N3O2/c1-2-22(17-26)13-5-15-25(16-22)21(27)24-20-11-8-18(9-12-20)7-10-19-6-3-4-14-23-19/h3-4,6-12,14,26H,2,5,13,15-17H2,1H3,(H,24,27). The lowest BCUT2D eigenvalue weighted by atomic mass is 9.78. The molecule has 2 amide bonds. The van der Waals surface area contributed by atoms with Crippen LogP contribution in [0.5, 0.6) is 0 Å². The second kappa shape index (κ2) is 8.82. The van der Waals surface area contributed by atoms with Crippen molar-refractivity contribution in [1.29, 1.82) is 0 Å². The molecule has 5 heteroatoms. The molecule has 1 atom stereocenters. The molecule has 1 unspecified atom stereocenters. The topological polar surface area (TPSA) is 65.5 Å². The summed E-state index contributed by atoms with van der Waals surface area (Å²) in [5.41, 5.74) is 2.56. The summed E-state index contributed by atoms with van der Waals surface area (Å²) < 4.78 is 0. The van der Waals surface area contributed by atoms with Crippen molar-refractivity contribution in [3.05, 3.63) is 59.9 Å². The van der Waals surface area contributed by atoms with E-state index in [2.05, 4.69) is 17.2 Å². The number of aliphatic hydroxyl groups is 1. The molecule has 2 aromatic rings. The molecule has 2 N–H and O–H groups in total. The van der Waals surface area contributed by atoms with Crippen LogP contribution in [-0.4, -0.2) is 40.7 Å². The van der Waals surface area contributed by atoms with Gasteiger partial charge < -0.3 is 15.3 Å². The zero-order valence-electron chi connectivity index (χ0n) is 15.8. The SMILES string of the molecule is CCC1(CO)CCCN(C(=O)Nc2ccc(C=Cc3ccccn3)cc2)C1. The zero-order valence-corrected chi connectivity index (χ0v) is 15.8. The van der Waals surface area contributed by atoms with E-state index in [0.29, 0.717) is 6.54 Å². The summed E-state index contributed by atoms with van der Waals surface area (Å²) in [7, 11) is 0. The van der Waals surface area contributed by atoms with Gasteiger partial charge in [0.05, 0.1) is 12.3 Å². The summed E-state index contributed by atoms with van der Waals surface area (Å²) in [6.45, 7) is 3.55. The first-order valence-corrected chi connectivity index (χ1v) is 9.50. The van der Waals surface area contributed by atoms with E-state index >= 15 is 0 Å². The van der Waals surface area contributed by atoms with Crippen LogP contribution < -0.4 is 5.32 Å². The number of aliphatic hydroxyl groups excluding tert-OH is 1. The summed E-state index contributed by atoms with van der Waals surface area (Å²) in [6, 6.07) is 13.4. The van der Waals surface area contributed by atoms with Crippen molar-refractivity contribution in [1.82, 2.24) is 9.88 Å². The van der Waals surface area contributed by atoms with Crippen molar-refractivity contribution < 1.29 is 9.90 Å². The van der Waals surface area contributed by atoms with E-state index in [1.807, 2.05) is 59.5 Å². The number of piperidine rings is 1. The largest absolute Gasteiger partial charge is 0.396 e. The molecule has 3 rings (SSSR count). The number of likely N-dealkylation sites (tertiary alicyclic amines) is 1. The molecule has 0 saturated carbocycles. The van der Waals surface area contributed by atoms with Gasteiger partial charge in [0.2, 0.25) is 0 Å². The van der Waals surface area contributed by atoms with Gasteiger partial charge in [-0.05, 0) is 55.2 Å². The van der Waals surface area contributed by atoms with Crippen LogP contribution in [0.3, 0.4) is 0 Å². The summed E-state index contributed by atoms with van der Waals surface area (Å²) in [6.07, 6.45) is 8.50. The van der Waals surface area contributed by atoms with Crippen molar-refractivity contribution in [2.75, 3.05) is 25.0 Å². The maximum Gasteiger partial charge on any atom is 0.321 e. The Kier molecular flexibility index (Phi) is 6.24. The van der Waals surface area contributed by atoms with Crippen LogP contribution in [-0.2, 0) is 0 Å². The lowest BCUT2D eigenvalue weighted by molar-refractivity contribution is 0.0468. The predicted molar refractivity (Wildman–Crippen MR) is 109 cm³/mol. The summed E-state index contributed by atoms with van der Waals surface area (Å²) in [4.78, 5) is 18.7. The molecule has 27 heavy (non-hydrogen) atoms. The molecule has 142 valence electrons. The molecule has 1 aromatic heterocycles. The van der Waals surface area contributed by atoms with Gasteiger partial charge in [-0.3, -0.25) is 4.98 Å². The smallest absolute Gasteiger partial charge is 0.321 e. The molecule has 1 saturated heterocycles. The number of nitrogens with one attached hydrogen (secondary N) is 1. The van der Waals surface area contributed by atoms with E-state index in [-0.39, 0.29) is 18.1 Å². The van der Waals surface area contributed by atoms with Crippen LogP contribution in [0.2, 0.25) is 0 Å². The Morgan fingerprint density at radius 2 is 2.07 bits per heavy atom. The third kappa shape index (κ3) is 4.95. The number of amides is 2. The van der Waals surface area contributed by atoms with E-state index in [9.17, 15) is 9.90 Å². The van der Waals surface area contributed by atoms with Gasteiger partial charge in [-0.1, -0.05) is 31.2 Å². The Morgan fingerprint density at radius 1 is 1.26 bits per heavy atom. The normalized spacial score (nSPS) is 20.0. The summed E-state index contributed by atoms with van der Waals surface area (Å²) in [5.74, 6) is 0. The number of aromatic nitrogens is 1. The highest BCUT2D eigenvalue weighted by Gasteiger charge is 2.35. The maximum absolute atomic E-state index is 12.6. The molecule has 5 nitrogen and oxygen atoms in total. The first kappa shape index (κ1) is 19.1. The van der Waals surface area contributed by atoms with Crippen molar-refractivity contribution in [2.24, 2.45) is 5.41 Å². The number of pyridine rings is 1. The lowest BCUT2D eigenvalue weighted by Crippen LogP contribution is -2.49. The minimum atomic E-state index is -0.157. The minimum absolute atomic E-state index is 0.0993. The third-order valence-corrected chi connectivity index (χ3v) is 5.33. The summed E-state index contributed by atoms with van der Waals surface area (Å²) >= 11 is 0. The molecule has 0 spiro atoms. The molecule has 1 aliphatic heterocycles. The predicted octanol–water partition coefficient (Wildman–Crippen LogP) is 4.27. The summed E-state index contributed by atoms with van der Waals surface area (Å²) in [5, 5.41) is 12.7. The van der Waals surface area contributed by atoms with Crippen LogP contribution in [0.15, 0.2) is 48.7 Å². The first-order valence-electron chi connectivity index (χ1n) is 9.50.